The van der Waals surface area contributed by atoms with Crippen LogP contribution in [0.4, 0.5) is 13.2 Å². The largest absolute Gasteiger partial charge is 0.492 e. The maximum Gasteiger partial charge on any atom is 0.417 e. The number of aromatic nitrogens is 3. The molecule has 1 aromatic carbocycles. The van der Waals surface area contributed by atoms with Crippen molar-refractivity contribution < 1.29 is 18.3 Å². The quantitative estimate of drug-likeness (QED) is 0.785. The highest BCUT2D eigenvalue weighted by molar-refractivity contribution is 5.65. The van der Waals surface area contributed by atoms with E-state index in [0.29, 0.717) is 17.8 Å². The van der Waals surface area contributed by atoms with Gasteiger partial charge in [-0.1, -0.05) is 25.1 Å². The molecule has 2 aromatic heterocycles. The summed E-state index contributed by atoms with van der Waals surface area (Å²) in [6, 6.07) is 8.26. The minimum Gasteiger partial charge on any atom is -0.492 e. The Hall–Kier alpha value is -2.57. The lowest BCUT2D eigenvalue weighted by atomic mass is 10.0. The Morgan fingerprint density at radius 3 is 2.55 bits per heavy atom. The van der Waals surface area contributed by atoms with Crippen LogP contribution in [0.15, 0.2) is 36.4 Å². The Kier molecular flexibility index (Phi) is 3.27. The summed E-state index contributed by atoms with van der Waals surface area (Å²) >= 11 is 0. The zero-order chi connectivity index (χ0) is 15.9. The average molecular weight is 307 g/mol. The predicted octanol–water partition coefficient (Wildman–Crippen LogP) is 3.68. The number of hydrogen-bond acceptors (Lipinski definition) is 3. The second-order valence-electron chi connectivity index (χ2n) is 4.77. The van der Waals surface area contributed by atoms with Crippen LogP contribution in [0.5, 0.6) is 5.88 Å². The highest BCUT2D eigenvalue weighted by Crippen LogP contribution is 2.36. The van der Waals surface area contributed by atoms with Crippen LogP contribution < -0.4 is 0 Å². The molecule has 22 heavy (non-hydrogen) atoms. The number of alkyl halides is 3. The smallest absolute Gasteiger partial charge is 0.417 e. The van der Waals surface area contributed by atoms with Crippen molar-refractivity contribution in [1.29, 1.82) is 0 Å². The van der Waals surface area contributed by atoms with Gasteiger partial charge in [0.25, 0.3) is 0 Å². The van der Waals surface area contributed by atoms with Crippen LogP contribution in [0.3, 0.4) is 0 Å². The summed E-state index contributed by atoms with van der Waals surface area (Å²) < 4.78 is 40.7. The van der Waals surface area contributed by atoms with Crippen LogP contribution in [-0.2, 0) is 12.6 Å². The Balaban J connectivity index is 2.24. The molecule has 0 amide bonds. The van der Waals surface area contributed by atoms with E-state index in [9.17, 15) is 18.3 Å². The van der Waals surface area contributed by atoms with E-state index in [0.717, 1.165) is 6.07 Å². The number of hydrogen-bond donors (Lipinski definition) is 1. The number of imidazole rings is 1. The molecule has 0 spiro atoms. The van der Waals surface area contributed by atoms with E-state index < -0.39 is 11.7 Å². The van der Waals surface area contributed by atoms with Crippen LogP contribution in [0.2, 0.25) is 0 Å². The molecule has 0 bridgehead atoms. The van der Waals surface area contributed by atoms with E-state index in [1.807, 2.05) is 0 Å². The van der Waals surface area contributed by atoms with E-state index in [4.69, 9.17) is 0 Å². The van der Waals surface area contributed by atoms with Crippen molar-refractivity contribution in [2.75, 3.05) is 0 Å². The Morgan fingerprint density at radius 2 is 1.86 bits per heavy atom. The molecule has 0 saturated heterocycles. The van der Waals surface area contributed by atoms with Crippen LogP contribution in [-0.4, -0.2) is 19.7 Å². The maximum atomic E-state index is 13.1. The first-order valence-corrected chi connectivity index (χ1v) is 6.66. The molecule has 4 nitrogen and oxygen atoms in total. The lowest BCUT2D eigenvalue weighted by molar-refractivity contribution is -0.137. The van der Waals surface area contributed by atoms with E-state index in [1.54, 1.807) is 6.92 Å². The van der Waals surface area contributed by atoms with Crippen molar-refractivity contribution >= 4 is 5.65 Å². The second-order valence-corrected chi connectivity index (χ2v) is 4.77. The SMILES string of the molecule is CCc1c(O)nc2ccc(-c3ccccc3C(F)(F)F)nn12. The first-order chi connectivity index (χ1) is 10.4. The van der Waals surface area contributed by atoms with Gasteiger partial charge >= 0.3 is 6.18 Å². The predicted molar refractivity (Wildman–Crippen MR) is 74.5 cm³/mol. The van der Waals surface area contributed by atoms with E-state index in [1.165, 1.54) is 34.8 Å². The average Bonchev–Trinajstić information content (AvgIpc) is 2.80. The van der Waals surface area contributed by atoms with Crippen LogP contribution in [0.25, 0.3) is 16.9 Å². The molecule has 3 rings (SSSR count). The molecule has 0 aliphatic carbocycles. The fourth-order valence-corrected chi connectivity index (χ4v) is 2.37. The zero-order valence-corrected chi connectivity index (χ0v) is 11.6. The minimum absolute atomic E-state index is 0.00728. The van der Waals surface area contributed by atoms with Crippen molar-refractivity contribution in [2.24, 2.45) is 0 Å². The van der Waals surface area contributed by atoms with Gasteiger partial charge in [-0.25, -0.2) is 4.52 Å². The molecular formula is C15H12F3N3O. The first kappa shape index (κ1) is 14.4. The Labute approximate surface area is 123 Å². The number of benzene rings is 1. The van der Waals surface area contributed by atoms with Gasteiger partial charge < -0.3 is 5.11 Å². The molecule has 0 aliphatic heterocycles. The lowest BCUT2D eigenvalue weighted by Crippen LogP contribution is -2.08. The van der Waals surface area contributed by atoms with Crippen molar-refractivity contribution in [3.05, 3.63) is 47.7 Å². The van der Waals surface area contributed by atoms with Gasteiger partial charge in [0.05, 0.1) is 11.3 Å². The Bertz CT molecular complexity index is 840. The molecule has 2 heterocycles. The summed E-state index contributed by atoms with van der Waals surface area (Å²) in [4.78, 5) is 3.92. The minimum atomic E-state index is -4.46. The molecule has 114 valence electrons. The van der Waals surface area contributed by atoms with E-state index in [-0.39, 0.29) is 17.1 Å². The van der Waals surface area contributed by atoms with Gasteiger partial charge in [-0.05, 0) is 24.6 Å². The normalized spacial score (nSPS) is 12.0. The fraction of sp³-hybridized carbons (Fsp3) is 0.200. The van der Waals surface area contributed by atoms with E-state index in [2.05, 4.69) is 10.1 Å². The monoisotopic (exact) mass is 307 g/mol. The molecule has 1 N–H and O–H groups in total. The van der Waals surface area contributed by atoms with Gasteiger partial charge in [-0.2, -0.15) is 23.3 Å². The fourth-order valence-electron chi connectivity index (χ4n) is 2.37. The third-order valence-electron chi connectivity index (χ3n) is 3.39. The van der Waals surface area contributed by atoms with Crippen LogP contribution in [0.1, 0.15) is 18.2 Å². The number of halogens is 3. The summed E-state index contributed by atoms with van der Waals surface area (Å²) in [5.41, 5.74) is 0.271. The first-order valence-electron chi connectivity index (χ1n) is 6.66. The number of rotatable bonds is 2. The molecule has 0 unspecified atom stereocenters. The third-order valence-corrected chi connectivity index (χ3v) is 3.39. The number of fused-ring (bicyclic) bond motifs is 1. The Morgan fingerprint density at radius 1 is 1.14 bits per heavy atom. The number of aryl methyl sites for hydroxylation is 1. The van der Waals surface area contributed by atoms with Crippen LogP contribution >= 0.6 is 0 Å². The molecule has 0 fully saturated rings. The molecule has 3 aromatic rings. The molecule has 0 radical (unpaired) electrons. The van der Waals surface area contributed by atoms with Gasteiger partial charge in [-0.15, -0.1) is 0 Å². The molecule has 0 saturated carbocycles. The summed E-state index contributed by atoms with van der Waals surface area (Å²) in [5.74, 6) is -0.156. The number of nitrogens with zero attached hydrogens (tertiary/aromatic N) is 3. The topological polar surface area (TPSA) is 50.4 Å². The molecule has 7 heteroatoms. The molecule has 0 atom stereocenters. The summed E-state index contributed by atoms with van der Waals surface area (Å²) in [6.45, 7) is 1.81. The van der Waals surface area contributed by atoms with Crippen molar-refractivity contribution in [3.63, 3.8) is 0 Å². The van der Waals surface area contributed by atoms with Gasteiger partial charge in [-0.3, -0.25) is 0 Å². The number of aromatic hydroxyl groups is 1. The highest BCUT2D eigenvalue weighted by Gasteiger charge is 2.33. The third kappa shape index (κ3) is 2.28. The summed E-state index contributed by atoms with van der Waals surface area (Å²) in [5, 5.41) is 13.9. The van der Waals surface area contributed by atoms with Crippen molar-refractivity contribution in [3.8, 4) is 17.1 Å². The van der Waals surface area contributed by atoms with Crippen molar-refractivity contribution in [1.82, 2.24) is 14.6 Å². The van der Waals surface area contributed by atoms with Crippen LogP contribution in [0, 0.1) is 0 Å². The van der Waals surface area contributed by atoms with Gasteiger partial charge in [0.15, 0.2) is 5.65 Å². The summed E-state index contributed by atoms with van der Waals surface area (Å²) in [6.07, 6.45) is -4.00. The molecule has 0 aliphatic rings. The van der Waals surface area contributed by atoms with Crippen molar-refractivity contribution in [2.45, 2.75) is 19.5 Å². The molecular weight excluding hydrogens is 295 g/mol. The van der Waals surface area contributed by atoms with E-state index >= 15 is 0 Å². The van der Waals surface area contributed by atoms with Gasteiger partial charge in [0, 0.05) is 5.56 Å². The zero-order valence-electron chi connectivity index (χ0n) is 11.6. The lowest BCUT2D eigenvalue weighted by Gasteiger charge is -2.12. The highest BCUT2D eigenvalue weighted by atomic mass is 19.4. The standard InChI is InChI=1S/C15H12F3N3O/c1-2-12-14(22)19-13-8-7-11(20-21(12)13)9-5-3-4-6-10(9)15(16,17)18/h3-8,22H,2H2,1H3. The summed E-state index contributed by atoms with van der Waals surface area (Å²) in [7, 11) is 0. The maximum absolute atomic E-state index is 13.1. The van der Waals surface area contributed by atoms with Gasteiger partial charge in [0.2, 0.25) is 5.88 Å². The second kappa shape index (κ2) is 5.01. The van der Waals surface area contributed by atoms with Gasteiger partial charge in [0.1, 0.15) is 5.69 Å².